The van der Waals surface area contributed by atoms with Crippen LogP contribution in [0.3, 0.4) is 0 Å². The highest BCUT2D eigenvalue weighted by Crippen LogP contribution is 2.32. The summed E-state index contributed by atoms with van der Waals surface area (Å²) in [5.41, 5.74) is 2.08. The van der Waals surface area contributed by atoms with Crippen molar-refractivity contribution in [2.45, 2.75) is 52.6 Å². The first kappa shape index (κ1) is 13.0. The third-order valence-electron chi connectivity index (χ3n) is 2.61. The minimum Gasteiger partial charge on any atom is -0.506 e. The Morgan fingerprint density at radius 2 is 1.88 bits per heavy atom. The molecular formula is C13H21NO2. The van der Waals surface area contributed by atoms with E-state index in [0.717, 1.165) is 5.56 Å². The van der Waals surface area contributed by atoms with E-state index in [1.807, 2.05) is 34.6 Å². The maximum absolute atomic E-state index is 9.90. The topological polar surface area (TPSA) is 53.4 Å². The standard InChI is InChI=1S/C13H21NO2/c1-8(2)12-11(16)6-9(13(3,4)5)10(7-15)14-12/h6,8,15-16H,7H2,1-5H3. The van der Waals surface area contributed by atoms with Crippen molar-refractivity contribution in [3.8, 4) is 5.75 Å². The molecule has 0 amide bonds. The number of aromatic nitrogens is 1. The summed E-state index contributed by atoms with van der Waals surface area (Å²) in [6.07, 6.45) is 0. The highest BCUT2D eigenvalue weighted by atomic mass is 16.3. The van der Waals surface area contributed by atoms with Crippen molar-refractivity contribution in [3.63, 3.8) is 0 Å². The van der Waals surface area contributed by atoms with Crippen molar-refractivity contribution in [1.82, 2.24) is 4.98 Å². The zero-order valence-electron chi connectivity index (χ0n) is 10.7. The number of aliphatic hydroxyl groups is 1. The molecule has 0 spiro atoms. The molecule has 90 valence electrons. The molecule has 1 aromatic heterocycles. The summed E-state index contributed by atoms with van der Waals surface area (Å²) >= 11 is 0. The van der Waals surface area contributed by atoms with Crippen LogP contribution in [0.25, 0.3) is 0 Å². The molecule has 0 bridgehead atoms. The lowest BCUT2D eigenvalue weighted by Gasteiger charge is -2.23. The molecule has 0 aliphatic rings. The molecule has 1 heterocycles. The lowest BCUT2D eigenvalue weighted by molar-refractivity contribution is 0.272. The van der Waals surface area contributed by atoms with Gasteiger partial charge in [0, 0.05) is 0 Å². The Morgan fingerprint density at radius 3 is 2.25 bits per heavy atom. The number of hydrogen-bond acceptors (Lipinski definition) is 3. The molecule has 1 rings (SSSR count). The summed E-state index contributed by atoms with van der Waals surface area (Å²) in [7, 11) is 0. The summed E-state index contributed by atoms with van der Waals surface area (Å²) in [6.45, 7) is 9.97. The second-order valence-corrected chi connectivity index (χ2v) is 5.45. The van der Waals surface area contributed by atoms with Gasteiger partial charge in [-0.3, -0.25) is 4.98 Å². The van der Waals surface area contributed by atoms with Crippen LogP contribution in [0, 0.1) is 0 Å². The van der Waals surface area contributed by atoms with Crippen LogP contribution in [0.5, 0.6) is 5.75 Å². The molecule has 0 saturated carbocycles. The van der Waals surface area contributed by atoms with Crippen molar-refractivity contribution < 1.29 is 10.2 Å². The number of pyridine rings is 1. The average molecular weight is 223 g/mol. The van der Waals surface area contributed by atoms with Gasteiger partial charge in [0.1, 0.15) is 5.75 Å². The predicted molar refractivity (Wildman–Crippen MR) is 64.6 cm³/mol. The molecule has 0 aromatic carbocycles. The highest BCUT2D eigenvalue weighted by molar-refractivity contribution is 5.39. The Morgan fingerprint density at radius 1 is 1.31 bits per heavy atom. The summed E-state index contributed by atoms with van der Waals surface area (Å²) in [5, 5.41) is 19.2. The van der Waals surface area contributed by atoms with Crippen molar-refractivity contribution in [2.24, 2.45) is 0 Å². The first-order valence-electron chi connectivity index (χ1n) is 5.61. The summed E-state index contributed by atoms with van der Waals surface area (Å²) in [4.78, 5) is 4.36. The molecule has 0 saturated heterocycles. The zero-order valence-corrected chi connectivity index (χ0v) is 10.7. The van der Waals surface area contributed by atoms with Crippen LogP contribution >= 0.6 is 0 Å². The van der Waals surface area contributed by atoms with Gasteiger partial charge in [-0.05, 0) is 23.0 Å². The molecule has 0 atom stereocenters. The predicted octanol–water partition coefficient (Wildman–Crippen LogP) is 2.70. The maximum atomic E-state index is 9.90. The quantitative estimate of drug-likeness (QED) is 0.810. The molecule has 2 N–H and O–H groups in total. The van der Waals surface area contributed by atoms with E-state index in [9.17, 15) is 10.2 Å². The zero-order chi connectivity index (χ0) is 12.5. The van der Waals surface area contributed by atoms with Crippen LogP contribution in [-0.4, -0.2) is 15.2 Å². The number of aliphatic hydroxyl groups excluding tert-OH is 1. The SMILES string of the molecule is CC(C)c1nc(CO)c(C(C)(C)C)cc1O. The van der Waals surface area contributed by atoms with E-state index in [4.69, 9.17) is 0 Å². The number of rotatable bonds is 2. The van der Waals surface area contributed by atoms with Gasteiger partial charge in [0.05, 0.1) is 18.0 Å². The third kappa shape index (κ3) is 2.53. The van der Waals surface area contributed by atoms with Gasteiger partial charge in [-0.15, -0.1) is 0 Å². The normalized spacial score (nSPS) is 12.2. The Hall–Kier alpha value is -1.09. The summed E-state index contributed by atoms with van der Waals surface area (Å²) in [5.74, 6) is 0.372. The van der Waals surface area contributed by atoms with E-state index in [1.165, 1.54) is 0 Å². The minimum atomic E-state index is -0.127. The highest BCUT2D eigenvalue weighted by Gasteiger charge is 2.22. The Bertz CT molecular complexity index is 378. The van der Waals surface area contributed by atoms with E-state index in [0.29, 0.717) is 11.4 Å². The summed E-state index contributed by atoms with van der Waals surface area (Å²) < 4.78 is 0. The van der Waals surface area contributed by atoms with Crippen molar-refractivity contribution in [3.05, 3.63) is 23.0 Å². The number of aromatic hydroxyl groups is 1. The van der Waals surface area contributed by atoms with Gasteiger partial charge in [-0.25, -0.2) is 0 Å². The van der Waals surface area contributed by atoms with Crippen LogP contribution in [0.4, 0.5) is 0 Å². The fraction of sp³-hybridized carbons (Fsp3) is 0.615. The van der Waals surface area contributed by atoms with Crippen LogP contribution in [-0.2, 0) is 12.0 Å². The van der Waals surface area contributed by atoms with Gasteiger partial charge >= 0.3 is 0 Å². The molecule has 1 aromatic rings. The molecule has 0 aliphatic heterocycles. The van der Waals surface area contributed by atoms with E-state index in [2.05, 4.69) is 4.98 Å². The molecule has 3 heteroatoms. The lowest BCUT2D eigenvalue weighted by Crippen LogP contribution is -2.16. The molecule has 0 fully saturated rings. The van der Waals surface area contributed by atoms with Gasteiger partial charge in [0.2, 0.25) is 0 Å². The van der Waals surface area contributed by atoms with E-state index >= 15 is 0 Å². The van der Waals surface area contributed by atoms with Crippen LogP contribution in [0.1, 0.15) is 57.5 Å². The monoisotopic (exact) mass is 223 g/mol. The fourth-order valence-electron chi connectivity index (χ4n) is 1.75. The van der Waals surface area contributed by atoms with E-state index in [-0.39, 0.29) is 23.7 Å². The third-order valence-corrected chi connectivity index (χ3v) is 2.61. The van der Waals surface area contributed by atoms with E-state index < -0.39 is 0 Å². The van der Waals surface area contributed by atoms with Gasteiger partial charge in [0.15, 0.2) is 0 Å². The molecule has 0 radical (unpaired) electrons. The second kappa shape index (κ2) is 4.42. The fourth-order valence-corrected chi connectivity index (χ4v) is 1.75. The smallest absolute Gasteiger partial charge is 0.137 e. The first-order chi connectivity index (χ1) is 7.27. The average Bonchev–Trinajstić information content (AvgIpc) is 2.15. The maximum Gasteiger partial charge on any atom is 0.137 e. The Kier molecular flexibility index (Phi) is 3.58. The van der Waals surface area contributed by atoms with Gasteiger partial charge in [-0.2, -0.15) is 0 Å². The van der Waals surface area contributed by atoms with Crippen LogP contribution in [0.2, 0.25) is 0 Å². The molecular weight excluding hydrogens is 202 g/mol. The minimum absolute atomic E-state index is 0.0907. The second-order valence-electron chi connectivity index (χ2n) is 5.45. The lowest BCUT2D eigenvalue weighted by atomic mass is 9.85. The largest absolute Gasteiger partial charge is 0.506 e. The Labute approximate surface area is 97.2 Å². The van der Waals surface area contributed by atoms with Crippen molar-refractivity contribution >= 4 is 0 Å². The Balaban J connectivity index is 3.38. The van der Waals surface area contributed by atoms with Crippen molar-refractivity contribution in [1.29, 1.82) is 0 Å². The molecule has 0 aliphatic carbocycles. The van der Waals surface area contributed by atoms with Crippen LogP contribution in [0.15, 0.2) is 6.07 Å². The van der Waals surface area contributed by atoms with Gasteiger partial charge < -0.3 is 10.2 Å². The number of hydrogen-bond donors (Lipinski definition) is 2. The van der Waals surface area contributed by atoms with Gasteiger partial charge in [0.25, 0.3) is 0 Å². The first-order valence-corrected chi connectivity index (χ1v) is 5.61. The molecule has 16 heavy (non-hydrogen) atoms. The van der Waals surface area contributed by atoms with Crippen LogP contribution < -0.4 is 0 Å². The van der Waals surface area contributed by atoms with E-state index in [1.54, 1.807) is 6.07 Å². The van der Waals surface area contributed by atoms with Gasteiger partial charge in [-0.1, -0.05) is 34.6 Å². The molecule has 0 unspecified atom stereocenters. The number of nitrogens with zero attached hydrogens (tertiary/aromatic N) is 1. The van der Waals surface area contributed by atoms with Crippen molar-refractivity contribution in [2.75, 3.05) is 0 Å². The molecule has 3 nitrogen and oxygen atoms in total. The summed E-state index contributed by atoms with van der Waals surface area (Å²) in [6, 6.07) is 1.73.